The van der Waals surface area contributed by atoms with Crippen molar-refractivity contribution in [2.45, 2.75) is 6.18 Å². The van der Waals surface area contributed by atoms with Gasteiger partial charge in [0.25, 0.3) is 0 Å². The van der Waals surface area contributed by atoms with E-state index in [0.717, 1.165) is 18.7 Å². The van der Waals surface area contributed by atoms with E-state index in [9.17, 15) is 18.0 Å². The van der Waals surface area contributed by atoms with Gasteiger partial charge in [-0.15, -0.1) is 0 Å². The lowest BCUT2D eigenvalue weighted by Gasteiger charge is -2.13. The second-order valence-electron chi connectivity index (χ2n) is 11.2. The molecule has 0 aromatic heterocycles. The molecule has 0 aliphatic rings. The monoisotopic (exact) mass is 748 g/mol. The van der Waals surface area contributed by atoms with Crippen LogP contribution < -0.4 is 5.32 Å². The van der Waals surface area contributed by atoms with Crippen molar-refractivity contribution in [3.8, 4) is 0 Å². The van der Waals surface area contributed by atoms with Gasteiger partial charge in [0.15, 0.2) is 0 Å². The second-order valence-corrected chi connectivity index (χ2v) is 11.2. The number of likely N-dealkylation sites (N-methyl/N-ethyl adjacent to an activating group) is 1. The Hall–Kier alpha value is -2.90. The van der Waals surface area contributed by atoms with Crippen LogP contribution in [0.2, 0.25) is 0 Å². The minimum absolute atomic E-state index is 0.000208. The van der Waals surface area contributed by atoms with Crippen molar-refractivity contribution in [2.24, 2.45) is 0 Å². The Morgan fingerprint density at radius 2 is 0.962 bits per heavy atom. The maximum Gasteiger partial charge on any atom is 0.416 e. The van der Waals surface area contributed by atoms with E-state index in [1.54, 1.807) is 18.2 Å². The minimum atomic E-state index is -4.48. The first-order valence-electron chi connectivity index (χ1n) is 17.3. The van der Waals surface area contributed by atoms with Gasteiger partial charge in [0.05, 0.1) is 136 Å². The Balaban J connectivity index is 1.31. The molecule has 0 saturated carbocycles. The van der Waals surface area contributed by atoms with E-state index in [1.165, 1.54) is 18.2 Å². The maximum atomic E-state index is 13.0. The van der Waals surface area contributed by atoms with Crippen molar-refractivity contribution < 1.29 is 65.3 Å². The number of halogens is 3. The molecular formula is C36H55F3N2O11. The molecule has 2 aromatic carbocycles. The number of alkyl halides is 3. The highest BCUT2D eigenvalue weighted by Crippen LogP contribution is 2.32. The van der Waals surface area contributed by atoms with Gasteiger partial charge in [-0.05, 0) is 44.4 Å². The summed E-state index contributed by atoms with van der Waals surface area (Å²) in [4.78, 5) is 14.6. The van der Waals surface area contributed by atoms with Crippen LogP contribution in [0.3, 0.4) is 0 Å². The normalized spacial score (nSPS) is 11.7. The number of anilines is 2. The van der Waals surface area contributed by atoms with Crippen molar-refractivity contribution in [3.63, 3.8) is 0 Å². The summed E-state index contributed by atoms with van der Waals surface area (Å²) in [6.07, 6.45) is -4.48. The number of benzene rings is 2. The van der Waals surface area contributed by atoms with E-state index < -0.39 is 17.7 Å². The van der Waals surface area contributed by atoms with E-state index in [4.69, 9.17) is 47.4 Å². The average molecular weight is 749 g/mol. The number of ether oxygens (including phenoxy) is 10. The molecule has 0 heterocycles. The van der Waals surface area contributed by atoms with Crippen LogP contribution in [-0.4, -0.2) is 157 Å². The summed E-state index contributed by atoms with van der Waals surface area (Å²) in [5, 5.41) is 2.86. The number of hydrogen-bond donors (Lipinski definition) is 1. The first kappa shape index (κ1) is 45.3. The first-order chi connectivity index (χ1) is 25.3. The number of hydrogen-bond acceptors (Lipinski definition) is 13. The third kappa shape index (κ3) is 23.6. The summed E-state index contributed by atoms with van der Waals surface area (Å²) >= 11 is 0. The van der Waals surface area contributed by atoms with E-state index in [2.05, 4.69) is 10.2 Å². The molecule has 0 amide bonds. The number of nitrogens with zero attached hydrogens (tertiary/aromatic N) is 1. The largest absolute Gasteiger partial charge is 0.460 e. The van der Waals surface area contributed by atoms with Crippen molar-refractivity contribution in [3.05, 3.63) is 59.7 Å². The zero-order valence-electron chi connectivity index (χ0n) is 30.3. The third-order valence-electron chi connectivity index (χ3n) is 6.74. The molecule has 0 atom stereocenters. The molecule has 0 spiro atoms. The molecule has 0 saturated heterocycles. The van der Waals surface area contributed by atoms with Gasteiger partial charge in [-0.3, -0.25) is 0 Å². The van der Waals surface area contributed by atoms with Crippen LogP contribution in [0.1, 0.15) is 15.9 Å². The maximum absolute atomic E-state index is 13.0. The molecule has 0 fully saturated rings. The third-order valence-corrected chi connectivity index (χ3v) is 6.74. The van der Waals surface area contributed by atoms with Crippen LogP contribution in [0.15, 0.2) is 48.5 Å². The van der Waals surface area contributed by atoms with E-state index in [1.807, 2.05) is 14.1 Å². The molecule has 52 heavy (non-hydrogen) atoms. The quantitative estimate of drug-likeness (QED) is 0.0825. The Kier molecular flexibility index (Phi) is 25.7. The Bertz CT molecular complexity index is 1180. The van der Waals surface area contributed by atoms with Gasteiger partial charge in [0.2, 0.25) is 0 Å². The molecule has 0 aliphatic heterocycles. The van der Waals surface area contributed by atoms with Gasteiger partial charge < -0.3 is 57.6 Å². The van der Waals surface area contributed by atoms with Gasteiger partial charge >= 0.3 is 12.1 Å². The molecule has 0 unspecified atom stereocenters. The molecule has 0 bridgehead atoms. The average Bonchev–Trinajstić information content (AvgIpc) is 3.12. The van der Waals surface area contributed by atoms with Gasteiger partial charge in [-0.2, -0.15) is 13.2 Å². The molecule has 1 N–H and O–H groups in total. The lowest BCUT2D eigenvalue weighted by molar-refractivity contribution is -0.137. The number of carbonyl (C=O) groups is 1. The number of rotatable bonds is 33. The van der Waals surface area contributed by atoms with Crippen molar-refractivity contribution in [2.75, 3.05) is 151 Å². The van der Waals surface area contributed by atoms with Gasteiger partial charge in [-0.25, -0.2) is 4.79 Å². The van der Waals surface area contributed by atoms with Crippen LogP contribution >= 0.6 is 0 Å². The van der Waals surface area contributed by atoms with Gasteiger partial charge in [-0.1, -0.05) is 18.2 Å². The zero-order chi connectivity index (χ0) is 37.5. The highest BCUT2D eigenvalue weighted by atomic mass is 19.4. The molecule has 16 heteroatoms. The second kappa shape index (κ2) is 29.5. The summed E-state index contributed by atoms with van der Waals surface area (Å²) in [6, 6.07) is 11.1. The topological polar surface area (TPSA) is 125 Å². The van der Waals surface area contributed by atoms with Crippen LogP contribution in [0.5, 0.6) is 0 Å². The SMILES string of the molecule is CN(C)CCOCCOCCOCCOCCOCCOCCOCCOCCOCCOC(=O)c1ccccc1Nc1cccc(C(F)(F)F)c1. The molecule has 2 aromatic rings. The lowest BCUT2D eigenvalue weighted by atomic mass is 10.1. The summed E-state index contributed by atoms with van der Waals surface area (Å²) in [6.45, 7) is 9.13. The zero-order valence-corrected chi connectivity index (χ0v) is 30.3. The lowest BCUT2D eigenvalue weighted by Crippen LogP contribution is -2.19. The van der Waals surface area contributed by atoms with Crippen molar-refractivity contribution >= 4 is 17.3 Å². The number of carbonyl (C=O) groups excluding carboxylic acids is 1. The Morgan fingerprint density at radius 3 is 1.38 bits per heavy atom. The summed E-state index contributed by atoms with van der Waals surface area (Å²) in [5.41, 5.74) is -0.0857. The summed E-state index contributed by atoms with van der Waals surface area (Å²) in [5.74, 6) is -0.627. The first-order valence-corrected chi connectivity index (χ1v) is 17.3. The molecule has 0 aliphatic carbocycles. The van der Waals surface area contributed by atoms with Crippen molar-refractivity contribution in [1.82, 2.24) is 4.90 Å². The smallest absolute Gasteiger partial charge is 0.416 e. The van der Waals surface area contributed by atoms with E-state index in [0.29, 0.717) is 118 Å². The standard InChI is InChI=1S/C36H55F3N2O11/c1-41(2)10-11-43-12-13-44-14-15-45-16-17-46-18-19-47-20-21-48-22-23-49-24-25-50-26-27-51-28-29-52-35(42)33-8-3-4-9-34(33)40-32-7-5-6-31(30-32)36(37,38)39/h3-9,30,40H,10-29H2,1-2H3. The predicted molar refractivity (Wildman–Crippen MR) is 187 cm³/mol. The highest BCUT2D eigenvalue weighted by molar-refractivity contribution is 5.96. The number of esters is 1. The summed E-state index contributed by atoms with van der Waals surface area (Å²) < 4.78 is 93.5. The number of para-hydroxylation sites is 1. The molecule has 13 nitrogen and oxygen atoms in total. The minimum Gasteiger partial charge on any atom is -0.460 e. The fourth-order valence-corrected chi connectivity index (χ4v) is 4.08. The van der Waals surface area contributed by atoms with E-state index in [-0.39, 0.29) is 24.5 Å². The Morgan fingerprint density at radius 1 is 0.558 bits per heavy atom. The fourth-order valence-electron chi connectivity index (χ4n) is 4.08. The van der Waals surface area contributed by atoms with Crippen LogP contribution in [0, 0.1) is 0 Å². The number of nitrogens with one attached hydrogen (secondary N) is 1. The van der Waals surface area contributed by atoms with Crippen LogP contribution in [-0.2, 0) is 53.5 Å². The predicted octanol–water partition coefficient (Wildman–Crippen LogP) is 4.32. The molecule has 296 valence electrons. The summed E-state index contributed by atoms with van der Waals surface area (Å²) in [7, 11) is 4.01. The molecular weight excluding hydrogens is 693 g/mol. The van der Waals surface area contributed by atoms with Crippen LogP contribution in [0.4, 0.5) is 24.5 Å². The Labute approximate surface area is 304 Å². The molecule has 2 rings (SSSR count). The highest BCUT2D eigenvalue weighted by Gasteiger charge is 2.30. The van der Waals surface area contributed by atoms with E-state index >= 15 is 0 Å². The molecule has 0 radical (unpaired) electrons. The van der Waals surface area contributed by atoms with Crippen molar-refractivity contribution in [1.29, 1.82) is 0 Å². The fraction of sp³-hybridized carbons (Fsp3) is 0.639. The van der Waals surface area contributed by atoms with Gasteiger partial charge in [0.1, 0.15) is 6.61 Å². The van der Waals surface area contributed by atoms with Crippen LogP contribution in [0.25, 0.3) is 0 Å². The van der Waals surface area contributed by atoms with Gasteiger partial charge in [0, 0.05) is 12.2 Å².